The van der Waals surface area contributed by atoms with Crippen molar-refractivity contribution in [1.82, 2.24) is 15.0 Å². The van der Waals surface area contributed by atoms with Crippen LogP contribution >= 0.6 is 0 Å². The van der Waals surface area contributed by atoms with Gasteiger partial charge in [-0.3, -0.25) is 4.79 Å². The van der Waals surface area contributed by atoms with Gasteiger partial charge in [-0.15, -0.1) is 5.10 Å². The number of hydrogen-bond acceptors (Lipinski definition) is 3. The Morgan fingerprint density at radius 2 is 1.63 bits per heavy atom. The zero-order valence-corrected chi connectivity index (χ0v) is 15.3. The molecule has 0 aliphatic carbocycles. The number of nitrogens with one attached hydrogen (secondary N) is 2. The number of fused-ring (bicyclic) bond motifs is 1. The summed E-state index contributed by atoms with van der Waals surface area (Å²) in [6.07, 6.45) is 4.45. The van der Waals surface area contributed by atoms with Crippen LogP contribution in [0.4, 0.5) is 0 Å². The third-order valence-corrected chi connectivity index (χ3v) is 5.18. The van der Waals surface area contributed by atoms with Crippen molar-refractivity contribution in [1.29, 1.82) is 0 Å². The lowest BCUT2D eigenvalue weighted by Gasteiger charge is -2.28. The van der Waals surface area contributed by atoms with E-state index < -0.39 is 0 Å². The van der Waals surface area contributed by atoms with Crippen molar-refractivity contribution in [2.75, 3.05) is 32.7 Å². The average molecular weight is 363 g/mol. The van der Waals surface area contributed by atoms with Crippen LogP contribution in [-0.2, 0) is 6.67 Å². The molecule has 27 heavy (non-hydrogen) atoms. The van der Waals surface area contributed by atoms with Crippen LogP contribution in [0.2, 0.25) is 0 Å². The highest BCUT2D eigenvalue weighted by molar-refractivity contribution is 5.76. The molecule has 6 heteroatoms. The largest absolute Gasteiger partial charge is 0.322 e. The number of hydrogen-bond donors (Lipinski definition) is 2. The average Bonchev–Trinajstić information content (AvgIpc) is 2.72. The Kier molecular flexibility index (Phi) is 5.37. The van der Waals surface area contributed by atoms with Crippen molar-refractivity contribution in [3.05, 3.63) is 76.6 Å². The van der Waals surface area contributed by atoms with Gasteiger partial charge in [0.15, 0.2) is 6.67 Å². The molecule has 3 aromatic rings. The van der Waals surface area contributed by atoms with E-state index in [-0.39, 0.29) is 5.56 Å². The number of quaternary nitrogens is 2. The van der Waals surface area contributed by atoms with Crippen LogP contribution < -0.4 is 15.4 Å². The van der Waals surface area contributed by atoms with Gasteiger partial charge in [0.2, 0.25) is 0 Å². The lowest BCUT2D eigenvalue weighted by atomic mass is 10.2. The molecule has 2 N–H and O–H groups in total. The molecule has 6 nitrogen and oxygen atoms in total. The molecule has 0 unspecified atom stereocenters. The van der Waals surface area contributed by atoms with Gasteiger partial charge < -0.3 is 9.80 Å². The maximum atomic E-state index is 12.6. The molecule has 138 valence electrons. The molecule has 0 saturated carbocycles. The van der Waals surface area contributed by atoms with E-state index in [1.807, 2.05) is 30.3 Å². The molecule has 0 spiro atoms. The lowest BCUT2D eigenvalue weighted by Crippen LogP contribution is -3.27. The van der Waals surface area contributed by atoms with Gasteiger partial charge in [-0.2, -0.15) is 4.68 Å². The maximum absolute atomic E-state index is 12.6. The van der Waals surface area contributed by atoms with Crippen molar-refractivity contribution in [3.8, 4) is 0 Å². The smallest absolute Gasteiger partial charge is 0.282 e. The molecule has 0 atom stereocenters. The second-order valence-electron chi connectivity index (χ2n) is 7.09. The second kappa shape index (κ2) is 8.24. The first-order valence-corrected chi connectivity index (χ1v) is 9.51. The summed E-state index contributed by atoms with van der Waals surface area (Å²) >= 11 is 0. The van der Waals surface area contributed by atoms with Crippen LogP contribution in [0.1, 0.15) is 5.56 Å². The molecular formula is C21H25N5O+2. The summed E-state index contributed by atoms with van der Waals surface area (Å²) in [5, 5.41) is 8.94. The summed E-state index contributed by atoms with van der Waals surface area (Å²) in [5.74, 6) is 0. The van der Waals surface area contributed by atoms with Crippen molar-refractivity contribution >= 4 is 17.0 Å². The number of benzene rings is 2. The van der Waals surface area contributed by atoms with E-state index in [0.29, 0.717) is 17.6 Å². The van der Waals surface area contributed by atoms with Gasteiger partial charge in [-0.05, 0) is 23.8 Å². The third kappa shape index (κ3) is 4.30. The summed E-state index contributed by atoms with van der Waals surface area (Å²) < 4.78 is 1.51. The molecule has 1 aliphatic rings. The minimum atomic E-state index is -0.0475. The molecule has 1 saturated heterocycles. The first kappa shape index (κ1) is 17.6. The van der Waals surface area contributed by atoms with Gasteiger partial charge >= 0.3 is 0 Å². The van der Waals surface area contributed by atoms with E-state index in [4.69, 9.17) is 0 Å². The Labute approximate surface area is 158 Å². The predicted molar refractivity (Wildman–Crippen MR) is 106 cm³/mol. The zero-order valence-electron chi connectivity index (χ0n) is 15.3. The third-order valence-electron chi connectivity index (χ3n) is 5.18. The quantitative estimate of drug-likeness (QED) is 0.627. The maximum Gasteiger partial charge on any atom is 0.282 e. The van der Waals surface area contributed by atoms with Crippen molar-refractivity contribution in [2.45, 2.75) is 6.67 Å². The summed E-state index contributed by atoms with van der Waals surface area (Å²) in [5.41, 5.74) is 1.86. The predicted octanol–water partition coefficient (Wildman–Crippen LogP) is -0.754. The van der Waals surface area contributed by atoms with Crippen LogP contribution in [0.5, 0.6) is 0 Å². The van der Waals surface area contributed by atoms with Gasteiger partial charge in [0.1, 0.15) is 31.7 Å². The van der Waals surface area contributed by atoms with Gasteiger partial charge in [0, 0.05) is 0 Å². The van der Waals surface area contributed by atoms with Crippen LogP contribution in [0, 0.1) is 0 Å². The zero-order chi connectivity index (χ0) is 18.5. The second-order valence-corrected chi connectivity index (χ2v) is 7.09. The number of piperazine rings is 1. The Morgan fingerprint density at radius 3 is 2.44 bits per heavy atom. The Hall–Kier alpha value is -2.83. The summed E-state index contributed by atoms with van der Waals surface area (Å²) in [4.78, 5) is 15.5. The van der Waals surface area contributed by atoms with Crippen LogP contribution in [0.25, 0.3) is 17.0 Å². The first-order chi connectivity index (χ1) is 13.3. The molecule has 1 fully saturated rings. The van der Waals surface area contributed by atoms with E-state index in [9.17, 15) is 4.79 Å². The molecule has 4 rings (SSSR count). The fraction of sp³-hybridized carbons (Fsp3) is 0.286. The normalized spacial score (nSPS) is 20.3. The number of nitrogens with zero attached hydrogens (tertiary/aromatic N) is 3. The molecule has 0 bridgehead atoms. The van der Waals surface area contributed by atoms with Crippen LogP contribution in [0.3, 0.4) is 0 Å². The van der Waals surface area contributed by atoms with Crippen molar-refractivity contribution in [3.63, 3.8) is 0 Å². The standard InChI is InChI=1S/C21H23N5O/c27-21-19-10-4-5-11-20(19)22-23-26(21)17-25-15-13-24(14-16-25)12-6-9-18-7-2-1-3-8-18/h1-11H,12-17H2/p+2/b9-6+. The van der Waals surface area contributed by atoms with Crippen LogP contribution in [-0.4, -0.2) is 47.7 Å². The minimum Gasteiger partial charge on any atom is -0.322 e. The van der Waals surface area contributed by atoms with Gasteiger partial charge in [0.25, 0.3) is 5.56 Å². The highest BCUT2D eigenvalue weighted by Gasteiger charge is 2.23. The van der Waals surface area contributed by atoms with Crippen molar-refractivity contribution < 1.29 is 9.80 Å². The van der Waals surface area contributed by atoms with E-state index in [0.717, 1.165) is 32.7 Å². The highest BCUT2D eigenvalue weighted by Crippen LogP contribution is 2.02. The Balaban J connectivity index is 1.31. The number of rotatable bonds is 5. The Bertz CT molecular complexity index is 975. The summed E-state index contributed by atoms with van der Waals surface area (Å²) in [6.45, 7) is 5.90. The molecule has 1 aliphatic heterocycles. The lowest BCUT2D eigenvalue weighted by molar-refractivity contribution is -1.02. The SMILES string of the molecule is O=c1c2ccccc2nnn1C[NH+]1CC[NH+](C/C=C/c2ccccc2)CC1. The number of aromatic nitrogens is 3. The topological polar surface area (TPSA) is 56.7 Å². The molecule has 2 heterocycles. The minimum absolute atomic E-state index is 0.0475. The first-order valence-electron chi connectivity index (χ1n) is 9.51. The fourth-order valence-electron chi connectivity index (χ4n) is 3.58. The fourth-order valence-corrected chi connectivity index (χ4v) is 3.58. The van der Waals surface area contributed by atoms with E-state index in [1.165, 1.54) is 15.1 Å². The van der Waals surface area contributed by atoms with Crippen LogP contribution in [0.15, 0.2) is 65.5 Å². The van der Waals surface area contributed by atoms with Gasteiger partial charge in [-0.1, -0.05) is 53.8 Å². The molecule has 2 aromatic carbocycles. The summed E-state index contributed by atoms with van der Waals surface area (Å²) in [6, 6.07) is 17.8. The summed E-state index contributed by atoms with van der Waals surface area (Å²) in [7, 11) is 0. The van der Waals surface area contributed by atoms with E-state index in [2.05, 4.69) is 46.7 Å². The highest BCUT2D eigenvalue weighted by atomic mass is 16.1. The Morgan fingerprint density at radius 1 is 0.926 bits per heavy atom. The molecule has 0 radical (unpaired) electrons. The molecule has 1 aromatic heterocycles. The molecular weight excluding hydrogens is 338 g/mol. The van der Waals surface area contributed by atoms with Gasteiger partial charge in [0.05, 0.1) is 11.9 Å². The van der Waals surface area contributed by atoms with E-state index in [1.54, 1.807) is 4.90 Å². The molecule has 0 amide bonds. The van der Waals surface area contributed by atoms with E-state index >= 15 is 0 Å². The van der Waals surface area contributed by atoms with Gasteiger partial charge in [-0.25, -0.2) is 0 Å². The van der Waals surface area contributed by atoms with Crippen molar-refractivity contribution in [2.24, 2.45) is 0 Å². The monoisotopic (exact) mass is 363 g/mol.